The number of aliphatic carboxylic acids is 1. The second kappa shape index (κ2) is 12.4. The summed E-state index contributed by atoms with van der Waals surface area (Å²) in [7, 11) is 1.85. The van der Waals surface area contributed by atoms with Crippen LogP contribution in [0.4, 0.5) is 4.79 Å². The van der Waals surface area contributed by atoms with E-state index in [4.69, 9.17) is 9.84 Å². The lowest BCUT2D eigenvalue weighted by Gasteiger charge is -2.26. The minimum Gasteiger partial charge on any atom is -0.481 e. The minimum absolute atomic E-state index is 0.100. The number of fused-ring (bicyclic) bond motifs is 3. The van der Waals surface area contributed by atoms with Crippen molar-refractivity contribution in [3.05, 3.63) is 95.6 Å². The molecule has 3 aromatic rings. The number of benzene rings is 3. The predicted octanol–water partition coefficient (Wildman–Crippen LogP) is 4.01. The van der Waals surface area contributed by atoms with E-state index in [1.54, 1.807) is 6.92 Å². The van der Waals surface area contributed by atoms with E-state index in [0.29, 0.717) is 6.54 Å². The van der Waals surface area contributed by atoms with Crippen LogP contribution in [0, 0.1) is 0 Å². The number of carbonyl (C=O) groups is 3. The number of nitrogens with one attached hydrogen (secondary N) is 2. The van der Waals surface area contributed by atoms with Crippen molar-refractivity contribution in [1.29, 1.82) is 0 Å². The highest BCUT2D eigenvalue weighted by atomic mass is 16.5. The molecule has 2 amide bonds. The number of carboxylic acid groups (broad SMARTS) is 1. The predicted molar refractivity (Wildman–Crippen MR) is 145 cm³/mol. The van der Waals surface area contributed by atoms with Crippen molar-refractivity contribution in [3.63, 3.8) is 0 Å². The zero-order valence-electron chi connectivity index (χ0n) is 21.6. The summed E-state index contributed by atoms with van der Waals surface area (Å²) in [5.74, 6) is -1.58. The molecule has 0 aromatic heterocycles. The second-order valence-corrected chi connectivity index (χ2v) is 9.71. The first-order chi connectivity index (χ1) is 18.3. The van der Waals surface area contributed by atoms with Crippen LogP contribution in [0.25, 0.3) is 11.1 Å². The molecular weight excluding hydrogens is 482 g/mol. The number of ether oxygens (including phenoxy) is 1. The topological polar surface area (TPSA) is 108 Å². The molecule has 4 rings (SSSR count). The van der Waals surface area contributed by atoms with E-state index in [2.05, 4.69) is 22.8 Å². The molecule has 8 nitrogen and oxygen atoms in total. The van der Waals surface area contributed by atoms with Gasteiger partial charge in [-0.1, -0.05) is 78.9 Å². The Hall–Kier alpha value is -4.17. The van der Waals surface area contributed by atoms with Crippen molar-refractivity contribution in [2.45, 2.75) is 37.9 Å². The van der Waals surface area contributed by atoms with Crippen molar-refractivity contribution < 1.29 is 24.2 Å². The molecule has 38 heavy (non-hydrogen) atoms. The van der Waals surface area contributed by atoms with Crippen LogP contribution in [0.3, 0.4) is 0 Å². The van der Waals surface area contributed by atoms with Crippen molar-refractivity contribution in [3.8, 4) is 11.1 Å². The van der Waals surface area contributed by atoms with Gasteiger partial charge in [-0.15, -0.1) is 0 Å². The molecule has 0 aliphatic heterocycles. The van der Waals surface area contributed by atoms with Gasteiger partial charge in [0.25, 0.3) is 0 Å². The van der Waals surface area contributed by atoms with Gasteiger partial charge in [-0.2, -0.15) is 0 Å². The molecule has 8 heteroatoms. The fourth-order valence-electron chi connectivity index (χ4n) is 4.90. The third kappa shape index (κ3) is 6.77. The molecule has 3 N–H and O–H groups in total. The third-order valence-corrected chi connectivity index (χ3v) is 6.61. The molecule has 198 valence electrons. The number of likely N-dealkylation sites (N-methyl/N-ethyl adjacent to an activating group) is 1. The highest BCUT2D eigenvalue weighted by Crippen LogP contribution is 2.44. The van der Waals surface area contributed by atoms with Crippen LogP contribution >= 0.6 is 0 Å². The minimum atomic E-state index is -1.01. The summed E-state index contributed by atoms with van der Waals surface area (Å²) in [4.78, 5) is 38.9. The molecule has 1 aliphatic carbocycles. The van der Waals surface area contributed by atoms with Crippen molar-refractivity contribution in [1.82, 2.24) is 15.5 Å². The highest BCUT2D eigenvalue weighted by molar-refractivity contribution is 5.86. The largest absolute Gasteiger partial charge is 0.481 e. The van der Waals surface area contributed by atoms with E-state index < -0.39 is 30.1 Å². The van der Waals surface area contributed by atoms with E-state index in [1.807, 2.05) is 78.7 Å². The van der Waals surface area contributed by atoms with E-state index >= 15 is 0 Å². The summed E-state index contributed by atoms with van der Waals surface area (Å²) in [5, 5.41) is 14.4. The number of carbonyl (C=O) groups excluding carboxylic acids is 2. The van der Waals surface area contributed by atoms with E-state index in [1.165, 1.54) is 0 Å². The first-order valence-electron chi connectivity index (χ1n) is 12.7. The fourth-order valence-corrected chi connectivity index (χ4v) is 4.90. The van der Waals surface area contributed by atoms with Crippen LogP contribution < -0.4 is 10.6 Å². The normalized spacial score (nSPS) is 13.8. The van der Waals surface area contributed by atoms with Gasteiger partial charge in [-0.05, 0) is 41.8 Å². The summed E-state index contributed by atoms with van der Waals surface area (Å²) < 4.78 is 5.65. The lowest BCUT2D eigenvalue weighted by atomic mass is 9.98. The Morgan fingerprint density at radius 2 is 1.47 bits per heavy atom. The first kappa shape index (κ1) is 26.9. The standard InChI is InChI=1S/C30H33N3O5/c1-20(16-28(34)35)31-29(36)27(18-33(2)17-21-10-4-3-5-11-21)32-30(37)38-19-26-24-14-8-6-12-22(24)23-13-7-9-15-25(23)26/h3-15,20,26-27H,16-19H2,1-2H3,(H,31,36)(H,32,37)(H,34,35). The van der Waals surface area contributed by atoms with Gasteiger partial charge in [-0.3, -0.25) is 14.5 Å². The zero-order valence-corrected chi connectivity index (χ0v) is 21.6. The Bertz CT molecular complexity index is 1230. The number of carboxylic acids is 1. The average molecular weight is 516 g/mol. The first-order valence-corrected chi connectivity index (χ1v) is 12.7. The SMILES string of the molecule is CC(CC(=O)O)NC(=O)C(CN(C)Cc1ccccc1)NC(=O)OCC1c2ccccc2-c2ccccc21. The Morgan fingerprint density at radius 1 is 0.895 bits per heavy atom. The maximum absolute atomic E-state index is 13.0. The number of rotatable bonds is 11. The smallest absolute Gasteiger partial charge is 0.407 e. The molecule has 0 saturated heterocycles. The van der Waals surface area contributed by atoms with Crippen LogP contribution in [0.5, 0.6) is 0 Å². The molecule has 0 heterocycles. The van der Waals surface area contributed by atoms with Crippen molar-refractivity contribution >= 4 is 18.0 Å². The van der Waals surface area contributed by atoms with E-state index in [0.717, 1.165) is 27.8 Å². The molecule has 3 aromatic carbocycles. The molecule has 1 aliphatic rings. The fraction of sp³-hybridized carbons (Fsp3) is 0.300. The Morgan fingerprint density at radius 3 is 2.08 bits per heavy atom. The summed E-state index contributed by atoms with van der Waals surface area (Å²) in [5.41, 5.74) is 5.52. The second-order valence-electron chi connectivity index (χ2n) is 9.71. The third-order valence-electron chi connectivity index (χ3n) is 6.61. The van der Waals surface area contributed by atoms with Gasteiger partial charge >= 0.3 is 12.1 Å². The van der Waals surface area contributed by atoms with Gasteiger partial charge in [0.15, 0.2) is 0 Å². The molecular formula is C30H33N3O5. The van der Waals surface area contributed by atoms with Crippen molar-refractivity contribution in [2.75, 3.05) is 20.2 Å². The molecule has 0 bridgehead atoms. The van der Waals surface area contributed by atoms with E-state index in [9.17, 15) is 14.4 Å². The van der Waals surface area contributed by atoms with E-state index in [-0.39, 0.29) is 25.5 Å². The Kier molecular flexibility index (Phi) is 8.76. The monoisotopic (exact) mass is 515 g/mol. The number of amides is 2. The highest BCUT2D eigenvalue weighted by Gasteiger charge is 2.30. The maximum atomic E-state index is 13.0. The molecule has 2 atom stereocenters. The average Bonchev–Trinajstić information content (AvgIpc) is 3.21. The van der Waals surface area contributed by atoms with Crippen molar-refractivity contribution in [2.24, 2.45) is 0 Å². The van der Waals surface area contributed by atoms with Crippen LogP contribution in [0.15, 0.2) is 78.9 Å². The molecule has 2 unspecified atom stereocenters. The summed E-state index contributed by atoms with van der Waals surface area (Å²) in [6, 6.07) is 24.4. The maximum Gasteiger partial charge on any atom is 0.407 e. The molecule has 0 spiro atoms. The van der Waals surface area contributed by atoms with Crippen LogP contribution in [-0.2, 0) is 20.9 Å². The number of hydrogen-bond acceptors (Lipinski definition) is 5. The van der Waals surface area contributed by atoms with Gasteiger partial charge in [-0.25, -0.2) is 4.79 Å². The number of nitrogens with zero attached hydrogens (tertiary/aromatic N) is 1. The summed E-state index contributed by atoms with van der Waals surface area (Å²) >= 11 is 0. The van der Waals surface area contributed by atoms with Gasteiger partial charge in [0.1, 0.15) is 12.6 Å². The Balaban J connectivity index is 1.42. The number of alkyl carbamates (subject to hydrolysis) is 1. The van der Waals surface area contributed by atoms with Gasteiger partial charge < -0.3 is 20.5 Å². The van der Waals surface area contributed by atoms with Crippen LogP contribution in [0.1, 0.15) is 36.0 Å². The van der Waals surface area contributed by atoms with Crippen LogP contribution in [-0.4, -0.2) is 60.3 Å². The molecule has 0 radical (unpaired) electrons. The lowest BCUT2D eigenvalue weighted by molar-refractivity contribution is -0.137. The lowest BCUT2D eigenvalue weighted by Crippen LogP contribution is -2.54. The van der Waals surface area contributed by atoms with Crippen LogP contribution in [0.2, 0.25) is 0 Å². The van der Waals surface area contributed by atoms with Gasteiger partial charge in [0.2, 0.25) is 5.91 Å². The van der Waals surface area contributed by atoms with Gasteiger partial charge in [0, 0.05) is 25.0 Å². The summed E-state index contributed by atoms with van der Waals surface area (Å²) in [6.45, 7) is 2.53. The molecule has 0 saturated carbocycles. The zero-order chi connectivity index (χ0) is 27.1. The Labute approximate surface area is 222 Å². The summed E-state index contributed by atoms with van der Waals surface area (Å²) in [6.07, 6.45) is -0.922. The number of hydrogen-bond donors (Lipinski definition) is 3. The van der Waals surface area contributed by atoms with Gasteiger partial charge in [0.05, 0.1) is 6.42 Å². The quantitative estimate of drug-likeness (QED) is 0.356. The molecule has 0 fully saturated rings.